The summed E-state index contributed by atoms with van der Waals surface area (Å²) in [5.74, 6) is -0.157. The lowest BCUT2D eigenvalue weighted by molar-refractivity contribution is 0.0978. The summed E-state index contributed by atoms with van der Waals surface area (Å²) < 4.78 is 6.63. The Morgan fingerprint density at radius 2 is 1.94 bits per heavy atom. The lowest BCUT2D eigenvalue weighted by atomic mass is 10.1. The molecule has 3 N–H and O–H groups in total. The largest absolute Gasteiger partial charge is 0.507 e. The Bertz CT molecular complexity index is 1390. The van der Waals surface area contributed by atoms with Gasteiger partial charge >= 0.3 is 0 Å². The number of benzene rings is 3. The summed E-state index contributed by atoms with van der Waals surface area (Å²) in [6.07, 6.45) is 0. The van der Waals surface area contributed by atoms with E-state index in [1.807, 2.05) is 26.0 Å². The number of aromatic hydroxyl groups is 1. The number of anilines is 1. The van der Waals surface area contributed by atoms with Crippen LogP contribution in [0.5, 0.6) is 5.75 Å². The maximum atomic E-state index is 12.5. The van der Waals surface area contributed by atoms with Gasteiger partial charge in [-0.2, -0.15) is 0 Å². The van der Waals surface area contributed by atoms with Crippen LogP contribution in [0.25, 0.3) is 22.6 Å². The lowest BCUT2D eigenvalue weighted by Crippen LogP contribution is -2.34. The Morgan fingerprint density at radius 3 is 2.72 bits per heavy atom. The normalized spacial score (nSPS) is 10.9. The molecule has 0 saturated carbocycles. The number of carbonyl (C=O) groups is 1. The number of thiocarbonyl (C=S) groups is 1. The average Bonchev–Trinajstić information content (AvgIpc) is 3.15. The fourth-order valence-corrected chi connectivity index (χ4v) is 4.06. The molecule has 0 fully saturated rings. The van der Waals surface area contributed by atoms with E-state index < -0.39 is 5.91 Å². The van der Waals surface area contributed by atoms with Crippen LogP contribution in [0.2, 0.25) is 5.02 Å². The minimum Gasteiger partial charge on any atom is -0.507 e. The molecule has 0 spiro atoms. The van der Waals surface area contributed by atoms with Gasteiger partial charge in [-0.15, -0.1) is 0 Å². The minimum atomic E-state index is -0.447. The Hall–Kier alpha value is -2.94. The summed E-state index contributed by atoms with van der Waals surface area (Å²) in [5, 5.41) is 16.3. The number of fused-ring (bicyclic) bond motifs is 1. The van der Waals surface area contributed by atoms with E-state index in [-0.39, 0.29) is 22.3 Å². The van der Waals surface area contributed by atoms with Gasteiger partial charge in [0.25, 0.3) is 5.91 Å². The Labute approximate surface area is 202 Å². The molecule has 0 bridgehead atoms. The standard InChI is InChI=1S/C23H17BrClN3O3S/c1-11-7-12(2)20-18(8-11)27-22(31-20)16-10-14(4-6-19(16)29)26-23(32)28-21(30)15-9-13(24)3-5-17(15)25/h3-10,29H,1-2H3,(H2,26,28,30,32). The van der Waals surface area contributed by atoms with Crippen LogP contribution in [0.4, 0.5) is 5.69 Å². The number of aryl methyl sites for hydroxylation is 2. The number of aromatic nitrogens is 1. The van der Waals surface area contributed by atoms with Crippen molar-refractivity contribution >= 4 is 67.6 Å². The number of carbonyl (C=O) groups excluding carboxylic acids is 1. The van der Waals surface area contributed by atoms with E-state index in [9.17, 15) is 9.90 Å². The highest BCUT2D eigenvalue weighted by molar-refractivity contribution is 9.10. The van der Waals surface area contributed by atoms with Gasteiger partial charge < -0.3 is 14.8 Å². The van der Waals surface area contributed by atoms with Crippen molar-refractivity contribution in [3.05, 3.63) is 74.7 Å². The first-order chi connectivity index (χ1) is 15.2. The fraction of sp³-hybridized carbons (Fsp3) is 0.0870. The molecule has 0 aliphatic heterocycles. The molecular formula is C23H17BrClN3O3S. The van der Waals surface area contributed by atoms with Crippen molar-refractivity contribution < 1.29 is 14.3 Å². The molecule has 1 heterocycles. The van der Waals surface area contributed by atoms with Crippen LogP contribution in [0.3, 0.4) is 0 Å². The van der Waals surface area contributed by atoms with Crippen molar-refractivity contribution in [1.29, 1.82) is 0 Å². The number of rotatable bonds is 3. The Balaban J connectivity index is 1.56. The molecule has 6 nitrogen and oxygen atoms in total. The Kier molecular flexibility index (Phi) is 6.19. The number of oxazole rings is 1. The fourth-order valence-electron chi connectivity index (χ4n) is 3.28. The van der Waals surface area contributed by atoms with E-state index in [0.29, 0.717) is 27.4 Å². The highest BCUT2D eigenvalue weighted by Crippen LogP contribution is 2.34. The molecule has 3 aromatic carbocycles. The summed E-state index contributed by atoms with van der Waals surface area (Å²) in [7, 11) is 0. The van der Waals surface area contributed by atoms with Crippen LogP contribution in [0.1, 0.15) is 21.5 Å². The van der Waals surface area contributed by atoms with E-state index in [0.717, 1.165) is 15.6 Å². The number of nitrogens with zero attached hydrogens (tertiary/aromatic N) is 1. The third kappa shape index (κ3) is 4.62. The molecule has 9 heteroatoms. The maximum Gasteiger partial charge on any atom is 0.258 e. The molecule has 0 aliphatic rings. The van der Waals surface area contributed by atoms with Gasteiger partial charge in [0, 0.05) is 10.2 Å². The number of amides is 1. The van der Waals surface area contributed by atoms with Crippen LogP contribution in [0, 0.1) is 13.8 Å². The molecule has 0 radical (unpaired) electrons. The highest BCUT2D eigenvalue weighted by atomic mass is 79.9. The van der Waals surface area contributed by atoms with E-state index in [1.54, 1.807) is 30.3 Å². The van der Waals surface area contributed by atoms with Crippen LogP contribution in [-0.2, 0) is 0 Å². The number of phenols is 1. The zero-order valence-electron chi connectivity index (χ0n) is 17.0. The van der Waals surface area contributed by atoms with E-state index in [2.05, 4.69) is 31.5 Å². The maximum absolute atomic E-state index is 12.5. The van der Waals surface area contributed by atoms with Gasteiger partial charge in [-0.25, -0.2) is 4.98 Å². The predicted molar refractivity (Wildman–Crippen MR) is 133 cm³/mol. The van der Waals surface area contributed by atoms with Gasteiger partial charge in [-0.05, 0) is 79.7 Å². The highest BCUT2D eigenvalue weighted by Gasteiger charge is 2.16. The van der Waals surface area contributed by atoms with Gasteiger partial charge in [0.2, 0.25) is 5.89 Å². The van der Waals surface area contributed by atoms with Gasteiger partial charge in [0.1, 0.15) is 11.3 Å². The quantitative estimate of drug-likeness (QED) is 0.211. The predicted octanol–water partition coefficient (Wildman–Crippen LogP) is 6.36. The Morgan fingerprint density at radius 1 is 1.16 bits per heavy atom. The van der Waals surface area contributed by atoms with Crippen molar-refractivity contribution in [3.8, 4) is 17.2 Å². The molecule has 0 aliphatic carbocycles. The van der Waals surface area contributed by atoms with Crippen molar-refractivity contribution in [2.24, 2.45) is 0 Å². The number of halogens is 2. The summed E-state index contributed by atoms with van der Waals surface area (Å²) >= 11 is 14.7. The first kappa shape index (κ1) is 22.3. The van der Waals surface area contributed by atoms with Gasteiger partial charge in [0.15, 0.2) is 10.7 Å². The molecular weight excluding hydrogens is 514 g/mol. The number of hydrogen-bond donors (Lipinski definition) is 3. The second kappa shape index (κ2) is 8.90. The summed E-state index contributed by atoms with van der Waals surface area (Å²) in [6, 6.07) is 13.7. The number of hydrogen-bond acceptors (Lipinski definition) is 5. The molecule has 1 aromatic heterocycles. The monoisotopic (exact) mass is 529 g/mol. The zero-order valence-corrected chi connectivity index (χ0v) is 20.2. The SMILES string of the molecule is Cc1cc(C)c2oc(-c3cc(NC(=S)NC(=O)c4cc(Br)ccc4Cl)ccc3O)nc2c1. The molecule has 4 rings (SSSR count). The molecule has 0 saturated heterocycles. The lowest BCUT2D eigenvalue weighted by Gasteiger charge is -2.11. The van der Waals surface area contributed by atoms with Crippen molar-refractivity contribution in [2.45, 2.75) is 13.8 Å². The summed E-state index contributed by atoms with van der Waals surface area (Å²) in [6.45, 7) is 3.93. The first-order valence-electron chi connectivity index (χ1n) is 9.50. The third-order valence-electron chi connectivity index (χ3n) is 4.71. The van der Waals surface area contributed by atoms with E-state index in [4.69, 9.17) is 28.2 Å². The van der Waals surface area contributed by atoms with E-state index in [1.165, 1.54) is 6.07 Å². The summed E-state index contributed by atoms with van der Waals surface area (Å²) in [5.41, 5.74) is 4.63. The smallest absolute Gasteiger partial charge is 0.258 e. The zero-order chi connectivity index (χ0) is 23.0. The molecule has 4 aromatic rings. The second-order valence-electron chi connectivity index (χ2n) is 7.21. The van der Waals surface area contributed by atoms with Crippen LogP contribution < -0.4 is 10.6 Å². The van der Waals surface area contributed by atoms with Crippen LogP contribution in [0.15, 0.2) is 57.4 Å². The van der Waals surface area contributed by atoms with Crippen molar-refractivity contribution in [3.63, 3.8) is 0 Å². The minimum absolute atomic E-state index is 0.00681. The molecule has 162 valence electrons. The van der Waals surface area contributed by atoms with Crippen LogP contribution in [-0.4, -0.2) is 21.1 Å². The van der Waals surface area contributed by atoms with Crippen LogP contribution >= 0.6 is 39.7 Å². The van der Waals surface area contributed by atoms with Gasteiger partial charge in [-0.1, -0.05) is 33.6 Å². The molecule has 1 amide bonds. The molecule has 32 heavy (non-hydrogen) atoms. The third-order valence-corrected chi connectivity index (χ3v) is 5.73. The van der Waals surface area contributed by atoms with E-state index >= 15 is 0 Å². The van der Waals surface area contributed by atoms with Crippen molar-refractivity contribution in [1.82, 2.24) is 10.3 Å². The molecule has 0 unspecified atom stereocenters. The number of phenolic OH excluding ortho intramolecular Hbond substituents is 1. The first-order valence-corrected chi connectivity index (χ1v) is 11.1. The second-order valence-corrected chi connectivity index (χ2v) is 8.94. The number of nitrogens with one attached hydrogen (secondary N) is 2. The van der Waals surface area contributed by atoms with Gasteiger partial charge in [0.05, 0.1) is 16.1 Å². The van der Waals surface area contributed by atoms with Crippen molar-refractivity contribution in [2.75, 3.05) is 5.32 Å². The van der Waals surface area contributed by atoms with Gasteiger partial charge in [-0.3, -0.25) is 10.1 Å². The summed E-state index contributed by atoms with van der Waals surface area (Å²) in [4.78, 5) is 17.0. The average molecular weight is 531 g/mol. The topological polar surface area (TPSA) is 87.4 Å². The molecule has 0 atom stereocenters.